The number of nitrogens with one attached hydrogen (secondary N) is 1. The third-order valence-electron chi connectivity index (χ3n) is 4.87. The fourth-order valence-electron chi connectivity index (χ4n) is 3.54. The lowest BCUT2D eigenvalue weighted by molar-refractivity contribution is -0.917. The van der Waals surface area contributed by atoms with E-state index in [1.807, 2.05) is 0 Å². The first-order valence-electron chi connectivity index (χ1n) is 8.31. The lowest BCUT2D eigenvalue weighted by atomic mass is 9.96. The van der Waals surface area contributed by atoms with Crippen LogP contribution in [0.5, 0.6) is 0 Å². The normalized spacial score (nSPS) is 21.4. The van der Waals surface area contributed by atoms with Crippen molar-refractivity contribution < 1.29 is 15.0 Å². The van der Waals surface area contributed by atoms with Crippen LogP contribution in [-0.2, 0) is 11.3 Å². The Kier molecular flexibility index (Phi) is 4.88. The number of piperazine rings is 1. The zero-order valence-electron chi connectivity index (χ0n) is 12.8. The second-order valence-electron chi connectivity index (χ2n) is 6.38. The first kappa shape index (κ1) is 14.5. The van der Waals surface area contributed by atoms with Crippen molar-refractivity contribution in [2.75, 3.05) is 39.3 Å². The highest BCUT2D eigenvalue weighted by Crippen LogP contribution is 2.13. The van der Waals surface area contributed by atoms with Gasteiger partial charge < -0.3 is 15.1 Å². The molecule has 4 heteroatoms. The van der Waals surface area contributed by atoms with Crippen LogP contribution in [0.2, 0.25) is 0 Å². The molecule has 0 spiro atoms. The third-order valence-corrected chi connectivity index (χ3v) is 4.87. The highest BCUT2D eigenvalue weighted by Gasteiger charge is 2.30. The monoisotopic (exact) mass is 289 g/mol. The largest absolute Gasteiger partial charge is 0.346 e. The minimum absolute atomic E-state index is 0.297. The van der Waals surface area contributed by atoms with Crippen molar-refractivity contribution >= 4 is 5.91 Å². The quantitative estimate of drug-likeness (QED) is 0.728. The maximum atomic E-state index is 12.5. The molecule has 3 N–H and O–H groups in total. The molecular weight excluding hydrogens is 262 g/mol. The molecule has 2 aliphatic heterocycles. The maximum Gasteiger partial charge on any atom is 0.226 e. The number of rotatable bonds is 3. The van der Waals surface area contributed by atoms with Crippen LogP contribution in [0, 0.1) is 5.92 Å². The van der Waals surface area contributed by atoms with Crippen LogP contribution in [0.25, 0.3) is 0 Å². The van der Waals surface area contributed by atoms with Gasteiger partial charge in [0.15, 0.2) is 0 Å². The Morgan fingerprint density at radius 3 is 2.48 bits per heavy atom. The van der Waals surface area contributed by atoms with Crippen molar-refractivity contribution in [2.24, 2.45) is 5.92 Å². The highest BCUT2D eigenvalue weighted by molar-refractivity contribution is 5.79. The van der Waals surface area contributed by atoms with Crippen molar-refractivity contribution in [3.63, 3.8) is 0 Å². The van der Waals surface area contributed by atoms with Crippen molar-refractivity contribution in [3.8, 4) is 0 Å². The van der Waals surface area contributed by atoms with Gasteiger partial charge in [-0.25, -0.2) is 0 Å². The number of benzene rings is 1. The lowest BCUT2D eigenvalue weighted by Gasteiger charge is -2.34. The molecule has 114 valence electrons. The summed E-state index contributed by atoms with van der Waals surface area (Å²) in [6.45, 7) is 7.36. The fraction of sp³-hybridized carbons (Fsp3) is 0.588. The van der Waals surface area contributed by atoms with E-state index in [-0.39, 0.29) is 0 Å². The standard InChI is InChI=1S/C17H25N3O/c21-17(16-6-8-18-9-7-16)20-12-10-19(11-13-20)14-15-4-2-1-3-5-15/h1-5,16,18H,6-14H2/p+2. The zero-order valence-corrected chi connectivity index (χ0v) is 12.8. The first-order chi connectivity index (χ1) is 10.3. The minimum Gasteiger partial charge on any atom is -0.346 e. The number of carbonyl (C=O) groups is 1. The molecule has 0 atom stereocenters. The number of amides is 1. The molecule has 0 aromatic heterocycles. The maximum absolute atomic E-state index is 12.5. The molecule has 2 fully saturated rings. The summed E-state index contributed by atoms with van der Waals surface area (Å²) in [5, 5.41) is 2.33. The van der Waals surface area contributed by atoms with Gasteiger partial charge in [-0.15, -0.1) is 0 Å². The molecule has 0 aliphatic carbocycles. The average molecular weight is 289 g/mol. The predicted molar refractivity (Wildman–Crippen MR) is 81.8 cm³/mol. The highest BCUT2D eigenvalue weighted by atomic mass is 16.2. The van der Waals surface area contributed by atoms with Crippen molar-refractivity contribution in [1.82, 2.24) is 4.90 Å². The summed E-state index contributed by atoms with van der Waals surface area (Å²) in [5.41, 5.74) is 1.40. The van der Waals surface area contributed by atoms with Crippen LogP contribution in [-0.4, -0.2) is 50.1 Å². The van der Waals surface area contributed by atoms with E-state index in [9.17, 15) is 4.79 Å². The number of hydrogen-bond acceptors (Lipinski definition) is 1. The van der Waals surface area contributed by atoms with Gasteiger partial charge in [0.1, 0.15) is 6.54 Å². The van der Waals surface area contributed by atoms with Crippen LogP contribution < -0.4 is 10.2 Å². The van der Waals surface area contributed by atoms with Gasteiger partial charge in [-0.2, -0.15) is 0 Å². The second-order valence-corrected chi connectivity index (χ2v) is 6.38. The summed E-state index contributed by atoms with van der Waals surface area (Å²) in [5.74, 6) is 0.715. The van der Waals surface area contributed by atoms with E-state index in [2.05, 4.69) is 40.5 Å². The Hall–Kier alpha value is -1.39. The Labute approximate surface area is 127 Å². The predicted octanol–water partition coefficient (Wildman–Crippen LogP) is -1.11. The number of carbonyl (C=O) groups excluding carboxylic acids is 1. The third kappa shape index (κ3) is 3.83. The van der Waals surface area contributed by atoms with E-state index < -0.39 is 0 Å². The van der Waals surface area contributed by atoms with Crippen LogP contribution in [0.3, 0.4) is 0 Å². The number of nitrogens with zero attached hydrogens (tertiary/aromatic N) is 1. The van der Waals surface area contributed by atoms with E-state index in [4.69, 9.17) is 0 Å². The van der Waals surface area contributed by atoms with Crippen LogP contribution in [0.15, 0.2) is 30.3 Å². The SMILES string of the molecule is O=C(C1CC[NH2+]CC1)N1CC[NH+](Cc2ccccc2)CC1. The molecule has 1 amide bonds. The number of quaternary nitrogens is 2. The Morgan fingerprint density at radius 2 is 1.81 bits per heavy atom. The van der Waals surface area contributed by atoms with Gasteiger partial charge >= 0.3 is 0 Å². The number of hydrogen-bond donors (Lipinski definition) is 2. The minimum atomic E-state index is 0.297. The number of nitrogens with two attached hydrogens (primary N) is 1. The molecule has 3 rings (SSSR count). The molecule has 2 saturated heterocycles. The molecule has 1 aromatic rings. The van der Waals surface area contributed by atoms with Gasteiger partial charge in [0.2, 0.25) is 5.91 Å². The molecule has 4 nitrogen and oxygen atoms in total. The van der Waals surface area contributed by atoms with Crippen LogP contribution in [0.4, 0.5) is 0 Å². The van der Waals surface area contributed by atoms with Gasteiger partial charge in [-0.05, 0) is 0 Å². The van der Waals surface area contributed by atoms with Gasteiger partial charge in [0.05, 0.1) is 39.3 Å². The summed E-state index contributed by atoms with van der Waals surface area (Å²) in [6.07, 6.45) is 2.13. The van der Waals surface area contributed by atoms with Crippen LogP contribution in [0.1, 0.15) is 18.4 Å². The molecule has 2 heterocycles. The van der Waals surface area contributed by atoms with Gasteiger partial charge in [0.25, 0.3) is 0 Å². The molecule has 2 aliphatic rings. The van der Waals surface area contributed by atoms with Crippen molar-refractivity contribution in [2.45, 2.75) is 19.4 Å². The van der Waals surface area contributed by atoms with Crippen molar-refractivity contribution in [3.05, 3.63) is 35.9 Å². The summed E-state index contributed by atoms with van der Waals surface area (Å²) < 4.78 is 0. The van der Waals surface area contributed by atoms with Crippen LogP contribution >= 0.6 is 0 Å². The Balaban J connectivity index is 1.47. The Bertz CT molecular complexity index is 448. The molecule has 1 aromatic carbocycles. The lowest BCUT2D eigenvalue weighted by Crippen LogP contribution is -3.13. The van der Waals surface area contributed by atoms with E-state index in [1.54, 1.807) is 4.90 Å². The van der Waals surface area contributed by atoms with Gasteiger partial charge in [0, 0.05) is 24.3 Å². The average Bonchev–Trinajstić information content (AvgIpc) is 2.57. The first-order valence-corrected chi connectivity index (χ1v) is 8.31. The van der Waals surface area contributed by atoms with E-state index >= 15 is 0 Å². The summed E-state index contributed by atoms with van der Waals surface area (Å²) >= 11 is 0. The molecule has 0 unspecified atom stereocenters. The van der Waals surface area contributed by atoms with Crippen molar-refractivity contribution in [1.29, 1.82) is 0 Å². The van der Waals surface area contributed by atoms with E-state index in [0.29, 0.717) is 11.8 Å². The summed E-state index contributed by atoms with van der Waals surface area (Å²) in [4.78, 5) is 16.2. The van der Waals surface area contributed by atoms with Gasteiger partial charge in [-0.1, -0.05) is 30.3 Å². The summed E-state index contributed by atoms with van der Waals surface area (Å²) in [6, 6.07) is 10.7. The molecule has 0 saturated carbocycles. The zero-order chi connectivity index (χ0) is 14.5. The molecule has 0 radical (unpaired) electrons. The van der Waals surface area contributed by atoms with E-state index in [0.717, 1.165) is 58.7 Å². The smallest absolute Gasteiger partial charge is 0.226 e. The number of piperidine rings is 1. The second kappa shape index (κ2) is 7.05. The van der Waals surface area contributed by atoms with Gasteiger partial charge in [-0.3, -0.25) is 4.79 Å². The fourth-order valence-corrected chi connectivity index (χ4v) is 3.54. The molecule has 21 heavy (non-hydrogen) atoms. The Morgan fingerprint density at radius 1 is 1.14 bits per heavy atom. The topological polar surface area (TPSA) is 41.4 Å². The molecular formula is C17H27N3O+2. The summed E-state index contributed by atoms with van der Waals surface area (Å²) in [7, 11) is 0. The molecule has 0 bridgehead atoms. The van der Waals surface area contributed by atoms with E-state index in [1.165, 1.54) is 5.56 Å².